The van der Waals surface area contributed by atoms with E-state index in [0.29, 0.717) is 43.8 Å². The topological polar surface area (TPSA) is 66.3 Å². The Morgan fingerprint density at radius 3 is 2.87 bits per heavy atom. The molecule has 5 nitrogen and oxygen atoms in total. The standard InChI is InChI=1S/C25H24ClN3O2/c26-21-6-4-17-11-19(21)12-25-27-9-8-22(28-25)18-3-1-2-16(10-18)5-7-24(31)23-13-20(30)15-29(23)14-17/h1-4,6,8-11,20,23,30H,5,7,12-15H2/t20-,23-/m1/s1. The second-order valence-electron chi connectivity index (χ2n) is 8.46. The number of aromatic nitrogens is 2. The van der Waals surface area contributed by atoms with Gasteiger partial charge in [0.25, 0.3) is 0 Å². The van der Waals surface area contributed by atoms with Gasteiger partial charge in [0.1, 0.15) is 11.6 Å². The average molecular weight is 434 g/mol. The fourth-order valence-electron chi connectivity index (χ4n) is 4.62. The molecule has 2 aliphatic rings. The molecular formula is C25H24ClN3O2. The Morgan fingerprint density at radius 2 is 1.97 bits per heavy atom. The number of ketones is 1. The highest BCUT2D eigenvalue weighted by atomic mass is 35.5. The zero-order chi connectivity index (χ0) is 21.4. The number of aliphatic hydroxyl groups is 1. The molecule has 2 aliphatic heterocycles. The molecule has 1 aromatic heterocycles. The molecular weight excluding hydrogens is 410 g/mol. The lowest BCUT2D eigenvalue weighted by atomic mass is 9.99. The molecule has 3 aromatic rings. The van der Waals surface area contributed by atoms with E-state index >= 15 is 0 Å². The maximum atomic E-state index is 13.1. The summed E-state index contributed by atoms with van der Waals surface area (Å²) in [5.74, 6) is 0.909. The van der Waals surface area contributed by atoms with Gasteiger partial charge in [-0.3, -0.25) is 9.69 Å². The van der Waals surface area contributed by atoms with Crippen molar-refractivity contribution in [3.05, 3.63) is 82.3 Å². The zero-order valence-electron chi connectivity index (χ0n) is 17.2. The Morgan fingerprint density at radius 1 is 1.06 bits per heavy atom. The number of rotatable bonds is 0. The van der Waals surface area contributed by atoms with Gasteiger partial charge >= 0.3 is 0 Å². The fourth-order valence-corrected chi connectivity index (χ4v) is 4.81. The van der Waals surface area contributed by atoms with Crippen molar-refractivity contribution in [3.8, 4) is 11.3 Å². The highest BCUT2D eigenvalue weighted by Crippen LogP contribution is 2.27. The van der Waals surface area contributed by atoms with Crippen LogP contribution in [0.2, 0.25) is 5.02 Å². The van der Waals surface area contributed by atoms with Crippen LogP contribution in [0.4, 0.5) is 0 Å². The number of aryl methyl sites for hydroxylation is 1. The summed E-state index contributed by atoms with van der Waals surface area (Å²) >= 11 is 6.49. The quantitative estimate of drug-likeness (QED) is 0.583. The van der Waals surface area contributed by atoms with Gasteiger partial charge in [-0.1, -0.05) is 41.9 Å². The van der Waals surface area contributed by atoms with Gasteiger partial charge in [-0.05, 0) is 47.7 Å². The Labute approximate surface area is 186 Å². The van der Waals surface area contributed by atoms with Gasteiger partial charge < -0.3 is 5.11 Å². The number of Topliss-reactive ketones (excluding diaryl/α,β-unsaturated/α-hetero) is 1. The molecule has 3 heterocycles. The van der Waals surface area contributed by atoms with E-state index in [-0.39, 0.29) is 11.8 Å². The molecule has 0 spiro atoms. The Kier molecular flexibility index (Phi) is 5.57. The summed E-state index contributed by atoms with van der Waals surface area (Å²) in [5, 5.41) is 10.9. The number of carbonyl (C=O) groups excluding carboxylic acids is 1. The molecule has 31 heavy (non-hydrogen) atoms. The molecule has 0 aliphatic carbocycles. The van der Waals surface area contributed by atoms with Gasteiger partial charge in [0, 0.05) is 42.7 Å². The van der Waals surface area contributed by atoms with Crippen LogP contribution in [0.3, 0.4) is 0 Å². The summed E-state index contributed by atoms with van der Waals surface area (Å²) in [6.45, 7) is 1.11. The third-order valence-electron chi connectivity index (χ3n) is 6.19. The fraction of sp³-hybridized carbons (Fsp3) is 0.320. The van der Waals surface area contributed by atoms with Crippen LogP contribution in [0.1, 0.15) is 35.4 Å². The third kappa shape index (κ3) is 4.40. The molecule has 1 fully saturated rings. The van der Waals surface area contributed by atoms with Crippen LogP contribution >= 0.6 is 11.6 Å². The minimum absolute atomic E-state index is 0.188. The van der Waals surface area contributed by atoms with Gasteiger partial charge in [0.05, 0.1) is 17.8 Å². The molecule has 0 unspecified atom stereocenters. The lowest BCUT2D eigenvalue weighted by Gasteiger charge is -2.23. The predicted molar refractivity (Wildman–Crippen MR) is 120 cm³/mol. The van der Waals surface area contributed by atoms with E-state index in [0.717, 1.165) is 33.8 Å². The van der Waals surface area contributed by atoms with E-state index in [1.54, 1.807) is 6.20 Å². The second-order valence-corrected chi connectivity index (χ2v) is 8.87. The lowest BCUT2D eigenvalue weighted by molar-refractivity contribution is -0.123. The number of hydrogen-bond donors (Lipinski definition) is 1. The van der Waals surface area contributed by atoms with Crippen molar-refractivity contribution in [1.82, 2.24) is 14.9 Å². The van der Waals surface area contributed by atoms with Crippen LogP contribution in [0, 0.1) is 0 Å². The number of fused-ring (bicyclic) bond motifs is 8. The van der Waals surface area contributed by atoms with E-state index in [4.69, 9.17) is 16.6 Å². The van der Waals surface area contributed by atoms with E-state index in [1.807, 2.05) is 36.4 Å². The smallest absolute Gasteiger partial charge is 0.150 e. The van der Waals surface area contributed by atoms with E-state index in [1.165, 1.54) is 0 Å². The van der Waals surface area contributed by atoms with Crippen molar-refractivity contribution in [3.63, 3.8) is 0 Å². The number of benzene rings is 2. The number of hydrogen-bond acceptors (Lipinski definition) is 5. The second kappa shape index (κ2) is 8.50. The van der Waals surface area contributed by atoms with Crippen molar-refractivity contribution in [1.29, 1.82) is 0 Å². The monoisotopic (exact) mass is 433 g/mol. The van der Waals surface area contributed by atoms with Crippen molar-refractivity contribution in [2.24, 2.45) is 0 Å². The van der Waals surface area contributed by atoms with Crippen LogP contribution in [-0.2, 0) is 24.2 Å². The van der Waals surface area contributed by atoms with Crippen LogP contribution in [0.15, 0.2) is 54.7 Å². The Hall–Kier alpha value is -2.60. The first-order valence-electron chi connectivity index (χ1n) is 10.7. The minimum Gasteiger partial charge on any atom is -0.392 e. The average Bonchev–Trinajstić information content (AvgIpc) is 3.14. The van der Waals surface area contributed by atoms with E-state index in [2.05, 4.69) is 22.0 Å². The number of nitrogens with zero attached hydrogens (tertiary/aromatic N) is 3. The molecule has 0 amide bonds. The van der Waals surface area contributed by atoms with Crippen LogP contribution in [0.25, 0.3) is 11.3 Å². The highest BCUT2D eigenvalue weighted by Gasteiger charge is 2.35. The van der Waals surface area contributed by atoms with E-state index < -0.39 is 6.10 Å². The summed E-state index contributed by atoms with van der Waals surface area (Å²) < 4.78 is 0. The van der Waals surface area contributed by atoms with E-state index in [9.17, 15) is 9.90 Å². The first-order chi connectivity index (χ1) is 15.0. The predicted octanol–water partition coefficient (Wildman–Crippen LogP) is 3.84. The minimum atomic E-state index is -0.471. The van der Waals surface area contributed by atoms with Crippen LogP contribution in [-0.4, -0.2) is 44.4 Å². The van der Waals surface area contributed by atoms with Gasteiger partial charge in [0.2, 0.25) is 0 Å². The lowest BCUT2D eigenvalue weighted by Crippen LogP contribution is -2.35. The normalized spacial score (nSPS) is 21.7. The van der Waals surface area contributed by atoms with Crippen molar-refractivity contribution in [2.75, 3.05) is 6.54 Å². The maximum Gasteiger partial charge on any atom is 0.150 e. The molecule has 6 heteroatoms. The van der Waals surface area contributed by atoms with Gasteiger partial charge in [-0.15, -0.1) is 0 Å². The third-order valence-corrected chi connectivity index (χ3v) is 6.55. The molecule has 0 radical (unpaired) electrons. The highest BCUT2D eigenvalue weighted by molar-refractivity contribution is 6.31. The molecule has 0 saturated carbocycles. The number of aliphatic hydroxyl groups excluding tert-OH is 1. The first-order valence-corrected chi connectivity index (χ1v) is 11.1. The van der Waals surface area contributed by atoms with Crippen molar-refractivity contribution in [2.45, 2.75) is 44.4 Å². The van der Waals surface area contributed by atoms with Crippen molar-refractivity contribution >= 4 is 17.4 Å². The molecule has 158 valence electrons. The largest absolute Gasteiger partial charge is 0.392 e. The molecule has 1 N–H and O–H groups in total. The summed E-state index contributed by atoms with van der Waals surface area (Å²) in [5.41, 5.74) is 5.01. The van der Waals surface area contributed by atoms with Crippen LogP contribution < -0.4 is 0 Å². The maximum absolute atomic E-state index is 13.1. The number of carbonyl (C=O) groups is 1. The van der Waals surface area contributed by atoms with Gasteiger partial charge in [0.15, 0.2) is 0 Å². The summed E-state index contributed by atoms with van der Waals surface area (Å²) in [7, 11) is 0. The van der Waals surface area contributed by atoms with Gasteiger partial charge in [-0.2, -0.15) is 0 Å². The molecule has 6 bridgehead atoms. The Balaban J connectivity index is 1.57. The SMILES string of the molecule is O=C1CCc2cccc(c2)-c2ccnc(n2)Cc2cc(ccc2Cl)CN2C[C@H](O)C[C@H]12. The molecule has 2 atom stereocenters. The van der Waals surface area contributed by atoms with Crippen LogP contribution in [0.5, 0.6) is 0 Å². The summed E-state index contributed by atoms with van der Waals surface area (Å²) in [6, 6.07) is 15.8. The van der Waals surface area contributed by atoms with Crippen molar-refractivity contribution < 1.29 is 9.90 Å². The molecule has 2 aromatic carbocycles. The summed E-state index contributed by atoms with van der Waals surface area (Å²) in [6.07, 6.45) is 3.48. The zero-order valence-corrected chi connectivity index (χ0v) is 17.9. The Bertz CT molecular complexity index is 1130. The molecule has 5 rings (SSSR count). The first kappa shape index (κ1) is 20.3. The number of halogens is 1. The summed E-state index contributed by atoms with van der Waals surface area (Å²) in [4.78, 5) is 24.4. The van der Waals surface area contributed by atoms with Gasteiger partial charge in [-0.25, -0.2) is 9.97 Å². The molecule has 1 saturated heterocycles.